The standard InChI is InChI=1S/C11H18O3S/c12-10(13)11(6-3-7-15-8-11)14-9-4-1-2-5-9/h9H,1-8H2,(H,12,13). The Morgan fingerprint density at radius 3 is 2.60 bits per heavy atom. The Morgan fingerprint density at radius 2 is 2.07 bits per heavy atom. The van der Waals surface area contributed by atoms with Crippen molar-refractivity contribution in [2.45, 2.75) is 50.2 Å². The number of hydrogen-bond donors (Lipinski definition) is 1. The van der Waals surface area contributed by atoms with E-state index in [0.717, 1.165) is 25.0 Å². The van der Waals surface area contributed by atoms with Crippen LogP contribution in [0, 0.1) is 0 Å². The number of carboxylic acids is 1. The van der Waals surface area contributed by atoms with Gasteiger partial charge >= 0.3 is 5.97 Å². The molecule has 0 aromatic carbocycles. The van der Waals surface area contributed by atoms with Gasteiger partial charge in [0, 0.05) is 5.75 Å². The smallest absolute Gasteiger partial charge is 0.336 e. The average molecular weight is 230 g/mol. The molecule has 0 aromatic rings. The van der Waals surface area contributed by atoms with Crippen LogP contribution in [0.5, 0.6) is 0 Å². The molecule has 86 valence electrons. The molecule has 1 unspecified atom stereocenters. The van der Waals surface area contributed by atoms with Gasteiger partial charge in [0.25, 0.3) is 0 Å². The number of thioether (sulfide) groups is 1. The van der Waals surface area contributed by atoms with Crippen LogP contribution in [0.3, 0.4) is 0 Å². The first-order valence-electron chi connectivity index (χ1n) is 5.72. The molecule has 0 amide bonds. The molecule has 1 saturated heterocycles. The van der Waals surface area contributed by atoms with Gasteiger partial charge in [0.2, 0.25) is 0 Å². The van der Waals surface area contributed by atoms with Crippen LogP contribution >= 0.6 is 11.8 Å². The highest BCUT2D eigenvalue weighted by Crippen LogP contribution is 2.34. The Morgan fingerprint density at radius 1 is 1.33 bits per heavy atom. The molecule has 2 aliphatic rings. The summed E-state index contributed by atoms with van der Waals surface area (Å²) in [5.74, 6) is 0.934. The molecule has 0 aromatic heterocycles. The van der Waals surface area contributed by atoms with E-state index in [1.807, 2.05) is 0 Å². The van der Waals surface area contributed by atoms with Crippen molar-refractivity contribution in [3.05, 3.63) is 0 Å². The summed E-state index contributed by atoms with van der Waals surface area (Å²) in [6.45, 7) is 0. The fraction of sp³-hybridized carbons (Fsp3) is 0.909. The van der Waals surface area contributed by atoms with Crippen LogP contribution in [-0.4, -0.2) is 34.3 Å². The summed E-state index contributed by atoms with van der Waals surface area (Å²) in [6, 6.07) is 0. The fourth-order valence-corrected chi connectivity index (χ4v) is 3.56. The minimum absolute atomic E-state index is 0.194. The Balaban J connectivity index is 2.00. The van der Waals surface area contributed by atoms with Crippen molar-refractivity contribution in [2.24, 2.45) is 0 Å². The third-order valence-corrected chi connectivity index (χ3v) is 4.54. The van der Waals surface area contributed by atoms with E-state index in [-0.39, 0.29) is 6.10 Å². The zero-order valence-electron chi connectivity index (χ0n) is 8.91. The van der Waals surface area contributed by atoms with Crippen molar-refractivity contribution in [1.82, 2.24) is 0 Å². The molecular formula is C11H18O3S. The summed E-state index contributed by atoms with van der Waals surface area (Å²) >= 11 is 1.71. The number of aliphatic carboxylic acids is 1. The lowest BCUT2D eigenvalue weighted by Gasteiger charge is -2.35. The molecule has 4 heteroatoms. The highest BCUT2D eigenvalue weighted by molar-refractivity contribution is 7.99. The lowest BCUT2D eigenvalue weighted by atomic mass is 9.99. The summed E-state index contributed by atoms with van der Waals surface area (Å²) in [5, 5.41) is 9.31. The molecule has 0 bridgehead atoms. The summed E-state index contributed by atoms with van der Waals surface area (Å²) in [5.41, 5.74) is -0.877. The van der Waals surface area contributed by atoms with E-state index in [1.165, 1.54) is 12.8 Å². The highest BCUT2D eigenvalue weighted by atomic mass is 32.2. The fourth-order valence-electron chi connectivity index (χ4n) is 2.41. The van der Waals surface area contributed by atoms with Gasteiger partial charge in [0.05, 0.1) is 6.10 Å². The number of rotatable bonds is 3. The maximum atomic E-state index is 11.3. The van der Waals surface area contributed by atoms with Gasteiger partial charge in [-0.1, -0.05) is 12.8 Å². The van der Waals surface area contributed by atoms with Crippen LogP contribution in [0.2, 0.25) is 0 Å². The first-order valence-corrected chi connectivity index (χ1v) is 6.87. The van der Waals surface area contributed by atoms with Gasteiger partial charge in [-0.05, 0) is 31.4 Å². The minimum Gasteiger partial charge on any atom is -0.479 e. The summed E-state index contributed by atoms with van der Waals surface area (Å²) in [4.78, 5) is 11.3. The van der Waals surface area contributed by atoms with Gasteiger partial charge in [0.15, 0.2) is 5.60 Å². The second-order valence-electron chi connectivity index (χ2n) is 4.48. The molecular weight excluding hydrogens is 212 g/mol. The molecule has 2 rings (SSSR count). The van der Waals surface area contributed by atoms with E-state index in [9.17, 15) is 9.90 Å². The largest absolute Gasteiger partial charge is 0.479 e. The van der Waals surface area contributed by atoms with Crippen LogP contribution in [0.4, 0.5) is 0 Å². The van der Waals surface area contributed by atoms with Crippen molar-refractivity contribution < 1.29 is 14.6 Å². The second kappa shape index (κ2) is 4.74. The van der Waals surface area contributed by atoms with E-state index >= 15 is 0 Å². The molecule has 2 fully saturated rings. The molecule has 1 aliphatic carbocycles. The zero-order chi connectivity index (χ0) is 10.7. The van der Waals surface area contributed by atoms with Gasteiger partial charge in [0.1, 0.15) is 0 Å². The molecule has 1 aliphatic heterocycles. The number of hydrogen-bond acceptors (Lipinski definition) is 3. The lowest BCUT2D eigenvalue weighted by Crippen LogP contribution is -2.48. The third-order valence-electron chi connectivity index (χ3n) is 3.29. The molecule has 1 saturated carbocycles. The van der Waals surface area contributed by atoms with Gasteiger partial charge < -0.3 is 9.84 Å². The van der Waals surface area contributed by atoms with Crippen molar-refractivity contribution in [3.8, 4) is 0 Å². The van der Waals surface area contributed by atoms with E-state index < -0.39 is 11.6 Å². The SMILES string of the molecule is O=C(O)C1(OC2CCCC2)CCCSC1. The van der Waals surface area contributed by atoms with Crippen molar-refractivity contribution in [1.29, 1.82) is 0 Å². The maximum absolute atomic E-state index is 11.3. The van der Waals surface area contributed by atoms with E-state index in [0.29, 0.717) is 12.2 Å². The van der Waals surface area contributed by atoms with Crippen molar-refractivity contribution in [3.63, 3.8) is 0 Å². The van der Waals surface area contributed by atoms with Gasteiger partial charge in [-0.3, -0.25) is 0 Å². The number of carbonyl (C=O) groups is 1. The van der Waals surface area contributed by atoms with Crippen LogP contribution in [0.1, 0.15) is 38.5 Å². The third kappa shape index (κ3) is 2.48. The average Bonchev–Trinajstić information content (AvgIpc) is 2.71. The molecule has 0 spiro atoms. The lowest BCUT2D eigenvalue weighted by molar-refractivity contribution is -0.171. The van der Waals surface area contributed by atoms with Crippen LogP contribution < -0.4 is 0 Å². The minimum atomic E-state index is -0.877. The summed E-state index contributed by atoms with van der Waals surface area (Å²) in [7, 11) is 0. The predicted molar refractivity (Wildman–Crippen MR) is 60.3 cm³/mol. The van der Waals surface area contributed by atoms with E-state index in [4.69, 9.17) is 4.74 Å². The Labute approximate surface area is 94.6 Å². The Hall–Kier alpha value is -0.220. The Kier molecular flexibility index (Phi) is 3.57. The normalized spacial score (nSPS) is 33.1. The van der Waals surface area contributed by atoms with Gasteiger partial charge in [-0.15, -0.1) is 0 Å². The quantitative estimate of drug-likeness (QED) is 0.808. The number of carboxylic acid groups (broad SMARTS) is 1. The molecule has 3 nitrogen and oxygen atoms in total. The van der Waals surface area contributed by atoms with Gasteiger partial charge in [-0.2, -0.15) is 11.8 Å². The van der Waals surface area contributed by atoms with Crippen molar-refractivity contribution in [2.75, 3.05) is 11.5 Å². The van der Waals surface area contributed by atoms with Crippen molar-refractivity contribution >= 4 is 17.7 Å². The second-order valence-corrected chi connectivity index (χ2v) is 5.59. The highest BCUT2D eigenvalue weighted by Gasteiger charge is 2.43. The molecule has 1 heterocycles. The van der Waals surface area contributed by atoms with E-state index in [2.05, 4.69) is 0 Å². The van der Waals surface area contributed by atoms with Crippen LogP contribution in [0.15, 0.2) is 0 Å². The molecule has 0 radical (unpaired) electrons. The molecule has 1 N–H and O–H groups in total. The summed E-state index contributed by atoms with van der Waals surface area (Å²) in [6.07, 6.45) is 6.30. The molecule has 15 heavy (non-hydrogen) atoms. The molecule has 1 atom stereocenters. The zero-order valence-corrected chi connectivity index (χ0v) is 9.72. The van der Waals surface area contributed by atoms with E-state index in [1.54, 1.807) is 11.8 Å². The monoisotopic (exact) mass is 230 g/mol. The summed E-state index contributed by atoms with van der Waals surface area (Å²) < 4.78 is 5.88. The topological polar surface area (TPSA) is 46.5 Å². The van der Waals surface area contributed by atoms with Gasteiger partial charge in [-0.25, -0.2) is 4.79 Å². The van der Waals surface area contributed by atoms with Crippen LogP contribution in [-0.2, 0) is 9.53 Å². The van der Waals surface area contributed by atoms with Crippen LogP contribution in [0.25, 0.3) is 0 Å². The number of ether oxygens (including phenoxy) is 1. The maximum Gasteiger partial charge on any atom is 0.336 e. The first kappa shape index (κ1) is 11.3. The Bertz CT molecular complexity index is 230. The predicted octanol–water partition coefficient (Wildman–Crippen LogP) is 2.30. The first-order chi connectivity index (χ1) is 7.23.